The average molecular weight is 442 g/mol. The molecule has 8 nitrogen and oxygen atoms in total. The first-order valence-corrected chi connectivity index (χ1v) is 11.4. The highest BCUT2D eigenvalue weighted by atomic mass is 32.2. The lowest BCUT2D eigenvalue weighted by Crippen LogP contribution is -2.25. The zero-order valence-electron chi connectivity index (χ0n) is 17.3. The first-order valence-electron chi connectivity index (χ1n) is 9.92. The number of amides is 1. The molecule has 2 heterocycles. The molecule has 0 bridgehead atoms. The Morgan fingerprint density at radius 1 is 1.03 bits per heavy atom. The number of nitrogens with one attached hydrogen (secondary N) is 1. The Balaban J connectivity index is 1.72. The normalized spacial score (nSPS) is 14.4. The lowest BCUT2D eigenvalue weighted by atomic mass is 10.1. The molecule has 1 aliphatic rings. The number of hydrogen-bond acceptors (Lipinski definition) is 6. The summed E-state index contributed by atoms with van der Waals surface area (Å²) in [7, 11) is -0.776. The van der Waals surface area contributed by atoms with Gasteiger partial charge in [-0.2, -0.15) is 0 Å². The van der Waals surface area contributed by atoms with Crippen molar-refractivity contribution in [2.45, 2.75) is 17.7 Å². The summed E-state index contributed by atoms with van der Waals surface area (Å²) in [6, 6.07) is 12.6. The van der Waals surface area contributed by atoms with E-state index in [9.17, 15) is 18.0 Å². The fraction of sp³-hybridized carbons (Fsp3) is 0.273. The topological polar surface area (TPSA) is 99.9 Å². The molecule has 31 heavy (non-hydrogen) atoms. The third kappa shape index (κ3) is 4.19. The number of benzene rings is 2. The molecule has 1 amide bonds. The van der Waals surface area contributed by atoms with E-state index in [1.165, 1.54) is 32.3 Å². The maximum absolute atomic E-state index is 13.2. The van der Waals surface area contributed by atoms with Gasteiger partial charge in [0.05, 0.1) is 10.5 Å². The lowest BCUT2D eigenvalue weighted by Gasteiger charge is -2.22. The summed E-state index contributed by atoms with van der Waals surface area (Å²) < 4.78 is 31.5. The molecule has 0 saturated carbocycles. The van der Waals surface area contributed by atoms with Crippen LogP contribution in [0.15, 0.2) is 62.6 Å². The van der Waals surface area contributed by atoms with Crippen LogP contribution < -0.4 is 15.8 Å². The number of fused-ring (bicyclic) bond motifs is 1. The van der Waals surface area contributed by atoms with Crippen LogP contribution in [0.25, 0.3) is 11.0 Å². The van der Waals surface area contributed by atoms with E-state index in [1.807, 2.05) is 0 Å². The Kier molecular flexibility index (Phi) is 5.55. The van der Waals surface area contributed by atoms with E-state index in [0.29, 0.717) is 27.9 Å². The van der Waals surface area contributed by atoms with Crippen LogP contribution in [-0.4, -0.2) is 45.8 Å². The highest BCUT2D eigenvalue weighted by Gasteiger charge is 2.24. The first-order chi connectivity index (χ1) is 14.8. The second-order valence-electron chi connectivity index (χ2n) is 7.62. The molecular formula is C22H23N3O5S. The van der Waals surface area contributed by atoms with Crippen molar-refractivity contribution >= 4 is 38.3 Å². The minimum Gasteiger partial charge on any atom is -0.423 e. The summed E-state index contributed by atoms with van der Waals surface area (Å²) in [5, 5.41) is 3.51. The Bertz CT molecular complexity index is 1310. The van der Waals surface area contributed by atoms with E-state index in [4.69, 9.17) is 4.42 Å². The second kappa shape index (κ2) is 8.16. The van der Waals surface area contributed by atoms with Gasteiger partial charge >= 0.3 is 5.63 Å². The fourth-order valence-corrected chi connectivity index (χ4v) is 4.58. The third-order valence-corrected chi connectivity index (χ3v) is 7.13. The van der Waals surface area contributed by atoms with Crippen molar-refractivity contribution in [3.63, 3.8) is 0 Å². The smallest absolute Gasteiger partial charge is 0.336 e. The fourth-order valence-electron chi connectivity index (χ4n) is 3.65. The zero-order valence-corrected chi connectivity index (χ0v) is 18.1. The molecule has 162 valence electrons. The molecule has 4 rings (SSSR count). The zero-order chi connectivity index (χ0) is 22.2. The van der Waals surface area contributed by atoms with Gasteiger partial charge in [0, 0.05) is 50.0 Å². The van der Waals surface area contributed by atoms with E-state index in [2.05, 4.69) is 10.2 Å². The monoisotopic (exact) mass is 441 g/mol. The van der Waals surface area contributed by atoms with Gasteiger partial charge in [-0.3, -0.25) is 4.79 Å². The molecule has 1 aromatic heterocycles. The van der Waals surface area contributed by atoms with Crippen LogP contribution in [0.4, 0.5) is 11.4 Å². The first kappa shape index (κ1) is 21.1. The van der Waals surface area contributed by atoms with Crippen LogP contribution >= 0.6 is 0 Å². The molecule has 0 radical (unpaired) electrons. The summed E-state index contributed by atoms with van der Waals surface area (Å²) in [5.41, 5.74) is 1.49. The molecule has 0 spiro atoms. The quantitative estimate of drug-likeness (QED) is 0.611. The molecule has 0 aliphatic carbocycles. The van der Waals surface area contributed by atoms with Gasteiger partial charge in [0.15, 0.2) is 0 Å². The molecule has 3 aromatic rings. The van der Waals surface area contributed by atoms with Crippen LogP contribution in [0.2, 0.25) is 0 Å². The van der Waals surface area contributed by atoms with Crippen LogP contribution in [0.3, 0.4) is 0 Å². The SMILES string of the molecule is CN(C)S(=O)(=O)c1ccc(N2CCCC2)c(C(=O)Nc2ccc3oc(=O)ccc3c2)c1. The van der Waals surface area contributed by atoms with E-state index in [1.54, 1.807) is 30.3 Å². The van der Waals surface area contributed by atoms with E-state index in [0.717, 1.165) is 30.2 Å². The molecular weight excluding hydrogens is 418 g/mol. The summed E-state index contributed by atoms with van der Waals surface area (Å²) >= 11 is 0. The molecule has 1 saturated heterocycles. The number of carbonyl (C=O) groups is 1. The van der Waals surface area contributed by atoms with E-state index in [-0.39, 0.29) is 4.90 Å². The Hall–Kier alpha value is -3.17. The molecule has 1 N–H and O–H groups in total. The Labute approximate surface area is 180 Å². The van der Waals surface area contributed by atoms with Gasteiger partial charge < -0.3 is 14.6 Å². The van der Waals surface area contributed by atoms with Crippen molar-refractivity contribution in [2.75, 3.05) is 37.4 Å². The number of rotatable bonds is 5. The molecule has 1 fully saturated rings. The highest BCUT2D eigenvalue weighted by molar-refractivity contribution is 7.89. The molecule has 0 atom stereocenters. The predicted octanol–water partition coefficient (Wildman–Crippen LogP) is 2.90. The van der Waals surface area contributed by atoms with Crippen molar-refractivity contribution in [3.05, 3.63) is 64.5 Å². The molecule has 9 heteroatoms. The van der Waals surface area contributed by atoms with Gasteiger partial charge in [-0.1, -0.05) is 0 Å². The van der Waals surface area contributed by atoms with Gasteiger partial charge in [-0.25, -0.2) is 17.5 Å². The molecule has 0 unspecified atom stereocenters. The Morgan fingerprint density at radius 2 is 1.77 bits per heavy atom. The number of nitrogens with zero attached hydrogens (tertiary/aromatic N) is 2. The molecule has 2 aromatic carbocycles. The van der Waals surface area contributed by atoms with Crippen LogP contribution in [0.5, 0.6) is 0 Å². The Morgan fingerprint density at radius 3 is 2.48 bits per heavy atom. The maximum atomic E-state index is 13.2. The van der Waals surface area contributed by atoms with E-state index >= 15 is 0 Å². The molecule has 1 aliphatic heterocycles. The third-order valence-electron chi connectivity index (χ3n) is 5.32. The standard InChI is InChI=1S/C22H23N3O5S/c1-24(2)31(28,29)17-7-8-19(25-11-3-4-12-25)18(14-17)22(27)23-16-6-9-20-15(13-16)5-10-21(26)30-20/h5-10,13-14H,3-4,11-12H2,1-2H3,(H,23,27). The van der Waals surface area contributed by atoms with Crippen molar-refractivity contribution in [2.24, 2.45) is 0 Å². The maximum Gasteiger partial charge on any atom is 0.336 e. The van der Waals surface area contributed by atoms with Gasteiger partial charge in [-0.15, -0.1) is 0 Å². The van der Waals surface area contributed by atoms with Crippen molar-refractivity contribution < 1.29 is 17.6 Å². The summed E-state index contributed by atoms with van der Waals surface area (Å²) in [6.07, 6.45) is 2.05. The van der Waals surface area contributed by atoms with Crippen LogP contribution in [-0.2, 0) is 10.0 Å². The highest BCUT2D eigenvalue weighted by Crippen LogP contribution is 2.29. The lowest BCUT2D eigenvalue weighted by molar-refractivity contribution is 0.102. The van der Waals surface area contributed by atoms with Gasteiger partial charge in [-0.05, 0) is 55.3 Å². The second-order valence-corrected chi connectivity index (χ2v) is 9.77. The number of hydrogen-bond donors (Lipinski definition) is 1. The van der Waals surface area contributed by atoms with Gasteiger partial charge in [0.2, 0.25) is 10.0 Å². The summed E-state index contributed by atoms with van der Waals surface area (Å²) in [5.74, 6) is -0.408. The van der Waals surface area contributed by atoms with Crippen LogP contribution in [0.1, 0.15) is 23.2 Å². The minimum absolute atomic E-state index is 0.0610. The van der Waals surface area contributed by atoms with Crippen molar-refractivity contribution in [3.8, 4) is 0 Å². The predicted molar refractivity (Wildman–Crippen MR) is 119 cm³/mol. The van der Waals surface area contributed by atoms with Gasteiger partial charge in [0.25, 0.3) is 5.91 Å². The van der Waals surface area contributed by atoms with Gasteiger partial charge in [0.1, 0.15) is 5.58 Å². The summed E-state index contributed by atoms with van der Waals surface area (Å²) in [6.45, 7) is 1.63. The van der Waals surface area contributed by atoms with Crippen molar-refractivity contribution in [1.29, 1.82) is 0 Å². The largest absolute Gasteiger partial charge is 0.423 e. The minimum atomic E-state index is -3.69. The number of anilines is 2. The average Bonchev–Trinajstić information content (AvgIpc) is 3.28. The van der Waals surface area contributed by atoms with Crippen molar-refractivity contribution in [1.82, 2.24) is 4.31 Å². The summed E-state index contributed by atoms with van der Waals surface area (Å²) in [4.78, 5) is 26.7. The van der Waals surface area contributed by atoms with Crippen LogP contribution in [0, 0.1) is 0 Å². The number of carbonyl (C=O) groups excluding carboxylic acids is 1. The van der Waals surface area contributed by atoms with E-state index < -0.39 is 21.6 Å². The number of sulfonamides is 1.